The number of hydrogen-bond acceptors (Lipinski definition) is 4. The first-order valence-corrected chi connectivity index (χ1v) is 8.61. The number of benzene rings is 2. The summed E-state index contributed by atoms with van der Waals surface area (Å²) in [4.78, 5) is 12.0. The Morgan fingerprint density at radius 3 is 2.26 bits per heavy atom. The zero-order chi connectivity index (χ0) is 18.7. The molecular weight excluding hydrogens is 366 g/mol. The molecule has 27 heavy (non-hydrogen) atoms. The summed E-state index contributed by atoms with van der Waals surface area (Å²) in [6.45, 7) is 1.60. The molecule has 0 aliphatic carbocycles. The molecule has 3 aromatic rings. The second kappa shape index (κ2) is 8.97. The molecule has 0 spiro atoms. The van der Waals surface area contributed by atoms with Crippen LogP contribution in [-0.2, 0) is 27.1 Å². The first-order chi connectivity index (χ1) is 12.5. The molecule has 1 heterocycles. The molecule has 0 saturated carbocycles. The number of aromatic nitrogens is 2. The minimum atomic E-state index is -0.00133. The molecule has 0 atom stereocenters. The topological polar surface area (TPSA) is 57.4 Å². The van der Waals surface area contributed by atoms with Crippen molar-refractivity contribution in [2.24, 2.45) is 14.1 Å². The maximum absolute atomic E-state index is 12.0. The summed E-state index contributed by atoms with van der Waals surface area (Å²) in [6.07, 6.45) is 0.895. The van der Waals surface area contributed by atoms with Gasteiger partial charge in [0, 0.05) is 20.6 Å². The van der Waals surface area contributed by atoms with Crippen molar-refractivity contribution < 1.29 is 21.9 Å². The predicted molar refractivity (Wildman–Crippen MR) is 103 cm³/mol. The average Bonchev–Trinajstić information content (AvgIpc) is 2.89. The zero-order valence-electron chi connectivity index (χ0n) is 16.1. The van der Waals surface area contributed by atoms with Gasteiger partial charge in [0.2, 0.25) is 0 Å². The van der Waals surface area contributed by atoms with Crippen molar-refractivity contribution >= 4 is 11.0 Å². The third-order valence-corrected chi connectivity index (χ3v) is 4.70. The van der Waals surface area contributed by atoms with E-state index in [1.807, 2.05) is 18.2 Å². The van der Waals surface area contributed by atoms with Crippen LogP contribution in [0.3, 0.4) is 0 Å². The summed E-state index contributed by atoms with van der Waals surface area (Å²) < 4.78 is 14.0. The number of rotatable bonds is 7. The molecule has 0 bridgehead atoms. The summed E-state index contributed by atoms with van der Waals surface area (Å²) >= 11 is 0. The molecule has 6 nitrogen and oxygen atoms in total. The van der Waals surface area contributed by atoms with Gasteiger partial charge in [0.15, 0.2) is 11.5 Å². The summed E-state index contributed by atoms with van der Waals surface area (Å²) in [5.41, 5.74) is 4.25. The minimum absolute atomic E-state index is 0. The van der Waals surface area contributed by atoms with Crippen LogP contribution in [0, 0.1) is 0 Å². The third-order valence-electron chi connectivity index (χ3n) is 4.70. The van der Waals surface area contributed by atoms with Crippen LogP contribution in [0.1, 0.15) is 11.1 Å². The van der Waals surface area contributed by atoms with Crippen molar-refractivity contribution in [2.75, 3.05) is 20.8 Å². The molecule has 3 rings (SSSR count). The lowest BCUT2D eigenvalue weighted by Gasteiger charge is -2.10. The largest absolute Gasteiger partial charge is 1.00 e. The Labute approximate surface area is 165 Å². The molecule has 0 aliphatic rings. The molecule has 0 fully saturated rings. The van der Waals surface area contributed by atoms with E-state index in [4.69, 9.17) is 9.47 Å². The number of aryl methyl sites for hydroxylation is 2. The average molecular weight is 391 g/mol. The molecule has 0 radical (unpaired) electrons. The van der Waals surface area contributed by atoms with Crippen LogP contribution in [0.25, 0.3) is 11.0 Å². The molecule has 0 unspecified atom stereocenters. The van der Waals surface area contributed by atoms with Gasteiger partial charge in [-0.05, 0) is 48.4 Å². The van der Waals surface area contributed by atoms with E-state index in [-0.39, 0.29) is 18.1 Å². The quantitative estimate of drug-likeness (QED) is 0.538. The van der Waals surface area contributed by atoms with Gasteiger partial charge in [-0.25, -0.2) is 4.79 Å². The van der Waals surface area contributed by atoms with Gasteiger partial charge in [-0.15, -0.1) is 0 Å². The molecule has 0 saturated heterocycles. The van der Waals surface area contributed by atoms with Crippen LogP contribution in [0.4, 0.5) is 0 Å². The minimum Gasteiger partial charge on any atom is -1.00 e. The molecular formula is C20H25ClN3O3-. The summed E-state index contributed by atoms with van der Waals surface area (Å²) in [7, 11) is 6.88. The van der Waals surface area contributed by atoms with E-state index in [2.05, 4.69) is 23.5 Å². The second-order valence-electron chi connectivity index (χ2n) is 6.34. The van der Waals surface area contributed by atoms with Crippen LogP contribution in [0.2, 0.25) is 0 Å². The van der Waals surface area contributed by atoms with Crippen LogP contribution in [0.5, 0.6) is 11.5 Å². The SMILES string of the molecule is COc1ccc(CCNCc2ccc3c(c2)n(C)c(=O)n3C)cc1OC.[Cl-]. The number of ether oxygens (including phenoxy) is 2. The van der Waals surface area contributed by atoms with Gasteiger partial charge in [-0.2, -0.15) is 0 Å². The third kappa shape index (κ3) is 4.28. The van der Waals surface area contributed by atoms with E-state index < -0.39 is 0 Å². The number of nitrogens with one attached hydrogen (secondary N) is 1. The molecule has 0 aliphatic heterocycles. The van der Waals surface area contributed by atoms with Crippen molar-refractivity contribution in [1.82, 2.24) is 14.5 Å². The summed E-state index contributed by atoms with van der Waals surface area (Å²) in [6, 6.07) is 12.1. The van der Waals surface area contributed by atoms with Gasteiger partial charge in [0.05, 0.1) is 25.3 Å². The van der Waals surface area contributed by atoms with Crippen LogP contribution in [-0.4, -0.2) is 29.9 Å². The molecule has 7 heteroatoms. The van der Waals surface area contributed by atoms with E-state index in [0.29, 0.717) is 0 Å². The van der Waals surface area contributed by atoms with E-state index in [0.717, 1.165) is 47.6 Å². The molecule has 146 valence electrons. The van der Waals surface area contributed by atoms with Crippen LogP contribution >= 0.6 is 0 Å². The highest BCUT2D eigenvalue weighted by Gasteiger charge is 2.08. The van der Waals surface area contributed by atoms with Crippen molar-refractivity contribution in [3.63, 3.8) is 0 Å². The molecule has 0 amide bonds. The van der Waals surface area contributed by atoms with Gasteiger partial charge in [0.25, 0.3) is 0 Å². The Kier molecular flexibility index (Phi) is 6.93. The van der Waals surface area contributed by atoms with Gasteiger partial charge in [-0.1, -0.05) is 12.1 Å². The van der Waals surface area contributed by atoms with Crippen molar-refractivity contribution in [2.45, 2.75) is 13.0 Å². The van der Waals surface area contributed by atoms with Crippen molar-refractivity contribution in [1.29, 1.82) is 0 Å². The van der Waals surface area contributed by atoms with E-state index in [1.54, 1.807) is 37.4 Å². The van der Waals surface area contributed by atoms with Crippen molar-refractivity contribution in [3.05, 3.63) is 58.0 Å². The Hall–Kier alpha value is -2.44. The van der Waals surface area contributed by atoms with Crippen LogP contribution in [0.15, 0.2) is 41.2 Å². The normalized spacial score (nSPS) is 10.7. The number of methoxy groups -OCH3 is 2. The van der Waals surface area contributed by atoms with Gasteiger partial charge >= 0.3 is 5.69 Å². The first kappa shape index (κ1) is 20.9. The van der Waals surface area contributed by atoms with Crippen molar-refractivity contribution in [3.8, 4) is 11.5 Å². The Balaban J connectivity index is 0.00000261. The highest BCUT2D eigenvalue weighted by atomic mass is 35.5. The number of hydrogen-bond donors (Lipinski definition) is 1. The maximum atomic E-state index is 12.0. The summed E-state index contributed by atoms with van der Waals surface area (Å²) in [5.74, 6) is 1.49. The number of halogens is 1. The Morgan fingerprint density at radius 1 is 0.889 bits per heavy atom. The Bertz CT molecular complexity index is 978. The van der Waals surface area contributed by atoms with Crippen LogP contribution < -0.4 is 32.9 Å². The lowest BCUT2D eigenvalue weighted by molar-refractivity contribution is -0.00000603. The van der Waals surface area contributed by atoms with Gasteiger partial charge in [0.1, 0.15) is 0 Å². The first-order valence-electron chi connectivity index (χ1n) is 8.61. The number of fused-ring (bicyclic) bond motifs is 1. The second-order valence-corrected chi connectivity index (χ2v) is 6.34. The lowest BCUT2D eigenvalue weighted by atomic mass is 10.1. The molecule has 1 aromatic heterocycles. The number of nitrogens with zero attached hydrogens (tertiary/aromatic N) is 2. The smallest absolute Gasteiger partial charge is 0.328 e. The fourth-order valence-corrected chi connectivity index (χ4v) is 3.16. The maximum Gasteiger partial charge on any atom is 0.328 e. The molecule has 2 aromatic carbocycles. The highest BCUT2D eigenvalue weighted by Crippen LogP contribution is 2.27. The standard InChI is InChI=1S/C20H25N3O3.ClH/c1-22-16-7-5-15(11-17(16)23(2)20(22)24)13-21-10-9-14-6-8-18(25-3)19(12-14)26-4;/h5-8,11-12,21H,9-10,13H2,1-4H3;1H/p-1. The fraction of sp³-hybridized carbons (Fsp3) is 0.350. The molecule has 1 N–H and O–H groups in total. The monoisotopic (exact) mass is 390 g/mol. The summed E-state index contributed by atoms with van der Waals surface area (Å²) in [5, 5.41) is 3.46. The number of imidazole rings is 1. The van der Waals surface area contributed by atoms with E-state index >= 15 is 0 Å². The van der Waals surface area contributed by atoms with Gasteiger partial charge < -0.3 is 27.2 Å². The lowest BCUT2D eigenvalue weighted by Crippen LogP contribution is -3.00. The van der Waals surface area contributed by atoms with E-state index in [1.165, 1.54) is 5.56 Å². The van der Waals surface area contributed by atoms with Gasteiger partial charge in [-0.3, -0.25) is 9.13 Å². The highest BCUT2D eigenvalue weighted by molar-refractivity contribution is 5.76. The zero-order valence-corrected chi connectivity index (χ0v) is 16.8. The predicted octanol–water partition coefficient (Wildman–Crippen LogP) is -0.769. The fourth-order valence-electron chi connectivity index (χ4n) is 3.16. The van der Waals surface area contributed by atoms with E-state index in [9.17, 15) is 4.79 Å². The Morgan fingerprint density at radius 2 is 1.56 bits per heavy atom.